The highest BCUT2D eigenvalue weighted by atomic mass is 16.6. The molecule has 2 aliphatic heterocycles. The number of hydrazone groups is 1. The van der Waals surface area contributed by atoms with Crippen LogP contribution in [-0.2, 0) is 14.3 Å². The van der Waals surface area contributed by atoms with E-state index in [2.05, 4.69) is 10.0 Å². The fourth-order valence-electron chi connectivity index (χ4n) is 4.45. The molecule has 11 heteroatoms. The van der Waals surface area contributed by atoms with Gasteiger partial charge in [0, 0.05) is 51.7 Å². The first-order valence-corrected chi connectivity index (χ1v) is 12.2. The van der Waals surface area contributed by atoms with Crippen molar-refractivity contribution in [1.29, 1.82) is 0 Å². The molecule has 1 fully saturated rings. The summed E-state index contributed by atoms with van der Waals surface area (Å²) < 4.78 is 10.6. The second-order valence-corrected chi connectivity index (χ2v) is 8.98. The Morgan fingerprint density at radius 1 is 1.14 bits per heavy atom. The number of morpholine rings is 1. The van der Waals surface area contributed by atoms with Crippen LogP contribution in [-0.4, -0.2) is 90.3 Å². The number of nitrogens with zero attached hydrogens (tertiary/aromatic N) is 5. The van der Waals surface area contributed by atoms with Gasteiger partial charge in [-0.25, -0.2) is 5.01 Å². The van der Waals surface area contributed by atoms with Gasteiger partial charge in [-0.15, -0.1) is 0 Å². The van der Waals surface area contributed by atoms with Crippen molar-refractivity contribution in [3.05, 3.63) is 69.8 Å². The summed E-state index contributed by atoms with van der Waals surface area (Å²) in [5.41, 5.74) is 2.21. The molecule has 2 aromatic carbocycles. The van der Waals surface area contributed by atoms with E-state index in [1.54, 1.807) is 24.1 Å². The number of methoxy groups -OCH3 is 1. The lowest BCUT2D eigenvalue weighted by Gasteiger charge is -2.30. The summed E-state index contributed by atoms with van der Waals surface area (Å²) in [6.45, 7) is 5.39. The highest BCUT2D eigenvalue weighted by molar-refractivity contribution is 6.03. The van der Waals surface area contributed by atoms with E-state index >= 15 is 0 Å². The molecule has 0 spiro atoms. The van der Waals surface area contributed by atoms with Crippen molar-refractivity contribution in [3.63, 3.8) is 0 Å². The molecule has 196 valence electrons. The molecule has 2 aromatic rings. The molecule has 4 rings (SSSR count). The summed E-state index contributed by atoms with van der Waals surface area (Å²) in [7, 11) is 1.59. The maximum atomic E-state index is 13.5. The molecule has 0 N–H and O–H groups in total. The Bertz CT molecular complexity index is 1150. The van der Waals surface area contributed by atoms with Crippen molar-refractivity contribution in [2.45, 2.75) is 19.4 Å². The summed E-state index contributed by atoms with van der Waals surface area (Å²) >= 11 is 0. The first-order valence-electron chi connectivity index (χ1n) is 12.2. The van der Waals surface area contributed by atoms with Gasteiger partial charge in [-0.3, -0.25) is 24.6 Å². The van der Waals surface area contributed by atoms with Crippen LogP contribution < -0.4 is 4.74 Å². The van der Waals surface area contributed by atoms with Crippen LogP contribution in [0.15, 0.2) is 53.6 Å². The molecule has 0 saturated carbocycles. The Morgan fingerprint density at radius 2 is 1.81 bits per heavy atom. The molecule has 0 aliphatic carbocycles. The number of benzene rings is 2. The Balaban J connectivity index is 1.54. The number of carbonyl (C=O) groups excluding carboxylic acids is 2. The fraction of sp³-hybridized carbons (Fsp3) is 0.423. The zero-order valence-electron chi connectivity index (χ0n) is 21.0. The van der Waals surface area contributed by atoms with Crippen LogP contribution in [0.5, 0.6) is 5.75 Å². The average molecular weight is 510 g/mol. The van der Waals surface area contributed by atoms with Gasteiger partial charge in [0.25, 0.3) is 11.6 Å². The third-order valence-electron chi connectivity index (χ3n) is 6.64. The number of nitro benzene ring substituents is 1. The van der Waals surface area contributed by atoms with Crippen molar-refractivity contribution in [3.8, 4) is 5.75 Å². The Hall–Kier alpha value is -3.83. The number of hydrogen-bond donors (Lipinski definition) is 0. The van der Waals surface area contributed by atoms with Crippen molar-refractivity contribution in [2.75, 3.05) is 53.0 Å². The molecule has 0 aromatic heterocycles. The standard InChI is InChI=1S/C26H31N5O6/c1-19(32)29(12-11-28-13-15-37-16-14-28)18-26(33)30-25(21-5-9-23(36-2)10-6-21)17-24(27-30)20-3-7-22(8-4-20)31(34)35/h3-10,25H,11-18H2,1-2H3/t25-/m0/s1. The van der Waals surface area contributed by atoms with Gasteiger partial charge in [0.1, 0.15) is 12.3 Å². The quantitative estimate of drug-likeness (QED) is 0.376. The molecule has 2 amide bonds. The van der Waals surface area contributed by atoms with Crippen molar-refractivity contribution >= 4 is 23.2 Å². The van der Waals surface area contributed by atoms with Crippen LogP contribution in [0.3, 0.4) is 0 Å². The number of hydrogen-bond acceptors (Lipinski definition) is 8. The normalized spacial score (nSPS) is 17.8. The second kappa shape index (κ2) is 11.9. The van der Waals surface area contributed by atoms with Crippen molar-refractivity contribution < 1.29 is 24.0 Å². The lowest BCUT2D eigenvalue weighted by molar-refractivity contribution is -0.384. The Labute approximate surface area is 215 Å². The van der Waals surface area contributed by atoms with Gasteiger partial charge >= 0.3 is 0 Å². The lowest BCUT2D eigenvalue weighted by atomic mass is 9.98. The van der Waals surface area contributed by atoms with Gasteiger partial charge in [0.2, 0.25) is 5.91 Å². The minimum absolute atomic E-state index is 0.0145. The third kappa shape index (κ3) is 6.49. The molecule has 1 atom stereocenters. The largest absolute Gasteiger partial charge is 0.497 e. The van der Waals surface area contributed by atoms with Gasteiger partial charge in [-0.1, -0.05) is 12.1 Å². The number of rotatable bonds is 9. The van der Waals surface area contributed by atoms with Crippen LogP contribution in [0.2, 0.25) is 0 Å². The topological polar surface area (TPSA) is 118 Å². The number of ether oxygens (including phenoxy) is 2. The Morgan fingerprint density at radius 3 is 2.41 bits per heavy atom. The minimum Gasteiger partial charge on any atom is -0.497 e. The van der Waals surface area contributed by atoms with Gasteiger partial charge < -0.3 is 14.4 Å². The summed E-state index contributed by atoms with van der Waals surface area (Å²) in [5.74, 6) is 0.221. The van der Waals surface area contributed by atoms with E-state index in [0.29, 0.717) is 49.7 Å². The predicted molar refractivity (Wildman–Crippen MR) is 136 cm³/mol. The summed E-state index contributed by atoms with van der Waals surface area (Å²) in [5, 5.41) is 17.1. The van der Waals surface area contributed by atoms with Crippen molar-refractivity contribution in [2.24, 2.45) is 5.10 Å². The highest BCUT2D eigenvalue weighted by Crippen LogP contribution is 2.34. The van der Waals surface area contributed by atoms with Crippen LogP contribution in [0.1, 0.15) is 30.5 Å². The van der Waals surface area contributed by atoms with Crippen molar-refractivity contribution in [1.82, 2.24) is 14.8 Å². The van der Waals surface area contributed by atoms with Crippen LogP contribution in [0.25, 0.3) is 0 Å². The summed E-state index contributed by atoms with van der Waals surface area (Å²) in [6, 6.07) is 13.2. The van der Waals surface area contributed by atoms with E-state index < -0.39 is 4.92 Å². The minimum atomic E-state index is -0.455. The monoisotopic (exact) mass is 509 g/mol. The van der Waals surface area contributed by atoms with Crippen LogP contribution >= 0.6 is 0 Å². The van der Waals surface area contributed by atoms with E-state index in [9.17, 15) is 19.7 Å². The van der Waals surface area contributed by atoms with Crippen LogP contribution in [0, 0.1) is 10.1 Å². The molecule has 0 radical (unpaired) electrons. The molecule has 37 heavy (non-hydrogen) atoms. The number of carbonyl (C=O) groups is 2. The van der Waals surface area contributed by atoms with Crippen LogP contribution in [0.4, 0.5) is 5.69 Å². The third-order valence-corrected chi connectivity index (χ3v) is 6.64. The van der Waals surface area contributed by atoms with E-state index in [1.807, 2.05) is 24.3 Å². The first kappa shape index (κ1) is 26.2. The fourth-order valence-corrected chi connectivity index (χ4v) is 4.45. The van der Waals surface area contributed by atoms with Gasteiger partial charge in [-0.2, -0.15) is 5.10 Å². The van der Waals surface area contributed by atoms with E-state index in [0.717, 1.165) is 18.7 Å². The molecule has 2 heterocycles. The SMILES string of the molecule is COc1ccc([C@@H]2CC(c3ccc([N+](=O)[O-])cc3)=NN2C(=O)CN(CCN2CCOCC2)C(C)=O)cc1. The van der Waals surface area contributed by atoms with E-state index in [-0.39, 0.29) is 30.1 Å². The van der Waals surface area contributed by atoms with Gasteiger partial charge in [0.15, 0.2) is 0 Å². The molecule has 0 bridgehead atoms. The zero-order valence-corrected chi connectivity index (χ0v) is 21.0. The summed E-state index contributed by atoms with van der Waals surface area (Å²) in [6.07, 6.45) is 0.434. The van der Waals surface area contributed by atoms with E-state index in [4.69, 9.17) is 9.47 Å². The average Bonchev–Trinajstić information content (AvgIpc) is 3.37. The number of non-ortho nitro benzene ring substituents is 1. The van der Waals surface area contributed by atoms with Gasteiger partial charge in [0.05, 0.1) is 37.0 Å². The smallest absolute Gasteiger partial charge is 0.269 e. The number of nitro groups is 1. The first-order chi connectivity index (χ1) is 17.9. The zero-order chi connectivity index (χ0) is 26.4. The highest BCUT2D eigenvalue weighted by Gasteiger charge is 2.34. The maximum Gasteiger partial charge on any atom is 0.269 e. The molecule has 11 nitrogen and oxygen atoms in total. The molecule has 1 saturated heterocycles. The molecular formula is C26H31N5O6. The lowest BCUT2D eigenvalue weighted by Crippen LogP contribution is -2.45. The molecule has 2 aliphatic rings. The molecule has 0 unspecified atom stereocenters. The molecular weight excluding hydrogens is 478 g/mol. The van der Waals surface area contributed by atoms with Gasteiger partial charge in [-0.05, 0) is 35.4 Å². The Kier molecular flexibility index (Phi) is 8.47. The second-order valence-electron chi connectivity index (χ2n) is 8.98. The maximum absolute atomic E-state index is 13.5. The van der Waals surface area contributed by atoms with E-state index in [1.165, 1.54) is 24.1 Å². The summed E-state index contributed by atoms with van der Waals surface area (Å²) in [4.78, 5) is 40.2. The predicted octanol–water partition coefficient (Wildman–Crippen LogP) is 2.46. The number of amides is 2.